The minimum atomic E-state index is -0.644. The van der Waals surface area contributed by atoms with Crippen LogP contribution in [0.3, 0.4) is 0 Å². The van der Waals surface area contributed by atoms with E-state index < -0.39 is 5.91 Å². The molecule has 1 spiro atoms. The number of allylic oxidation sites excluding steroid dienone is 2. The Labute approximate surface area is 59.3 Å². The molecule has 1 N–H and O–H groups in total. The average molecular weight is 139 g/mol. The zero-order valence-corrected chi connectivity index (χ0v) is 5.54. The summed E-state index contributed by atoms with van der Waals surface area (Å²) in [5.41, 5.74) is 0. The Morgan fingerprint density at radius 2 is 2.40 bits per heavy atom. The molecule has 3 heteroatoms. The molecule has 0 radical (unpaired) electrons. The van der Waals surface area contributed by atoms with Crippen LogP contribution < -0.4 is 5.32 Å². The Morgan fingerprint density at radius 1 is 1.40 bits per heavy atom. The largest absolute Gasteiger partial charge is 0.453 e. The van der Waals surface area contributed by atoms with Gasteiger partial charge in [0.2, 0.25) is 0 Å². The lowest BCUT2D eigenvalue weighted by Crippen LogP contribution is -2.41. The lowest BCUT2D eigenvalue weighted by molar-refractivity contribution is -0.153. The van der Waals surface area contributed by atoms with Gasteiger partial charge in [-0.15, -0.1) is 0 Å². The molecule has 54 valence electrons. The van der Waals surface area contributed by atoms with Crippen molar-refractivity contribution in [1.29, 1.82) is 0 Å². The van der Waals surface area contributed by atoms with Crippen molar-refractivity contribution in [2.75, 3.05) is 13.2 Å². The molecule has 3 nitrogen and oxygen atoms in total. The highest BCUT2D eigenvalue weighted by atomic mass is 16.7. The molecule has 0 aromatic heterocycles. The summed E-state index contributed by atoms with van der Waals surface area (Å²) < 4.78 is 10.5. The molecule has 1 atom stereocenters. The van der Waals surface area contributed by atoms with E-state index in [1.165, 1.54) is 0 Å². The number of hydrogen-bond acceptors (Lipinski definition) is 3. The van der Waals surface area contributed by atoms with Crippen LogP contribution in [0.15, 0.2) is 24.5 Å². The van der Waals surface area contributed by atoms with Gasteiger partial charge in [-0.2, -0.15) is 0 Å². The average Bonchev–Trinajstić information content (AvgIpc) is 2.39. The molecule has 10 heavy (non-hydrogen) atoms. The number of hydrogen-bond donors (Lipinski definition) is 1. The van der Waals surface area contributed by atoms with Crippen LogP contribution in [0.1, 0.15) is 0 Å². The predicted octanol–water partition coefficient (Wildman–Crippen LogP) is 0.360. The Balaban J connectivity index is 2.15. The molecular weight excluding hydrogens is 130 g/mol. The van der Waals surface area contributed by atoms with E-state index >= 15 is 0 Å². The van der Waals surface area contributed by atoms with Gasteiger partial charge in [0.25, 0.3) is 5.91 Å². The Kier molecular flexibility index (Phi) is 1.25. The van der Waals surface area contributed by atoms with Crippen LogP contribution in [-0.4, -0.2) is 19.1 Å². The normalized spacial score (nSPS) is 36.8. The van der Waals surface area contributed by atoms with Gasteiger partial charge < -0.3 is 9.47 Å². The highest BCUT2D eigenvalue weighted by molar-refractivity contribution is 5.11. The number of rotatable bonds is 0. The van der Waals surface area contributed by atoms with Crippen LogP contribution in [0.4, 0.5) is 0 Å². The Morgan fingerprint density at radius 3 is 3.00 bits per heavy atom. The molecule has 2 aliphatic heterocycles. The van der Waals surface area contributed by atoms with Crippen LogP contribution in [0.5, 0.6) is 0 Å². The maximum Gasteiger partial charge on any atom is 0.291 e. The molecular formula is C7H9NO2. The topological polar surface area (TPSA) is 30.5 Å². The van der Waals surface area contributed by atoms with E-state index in [1.807, 2.05) is 18.2 Å². The second-order valence-electron chi connectivity index (χ2n) is 2.25. The molecule has 0 amide bonds. The third-order valence-corrected chi connectivity index (χ3v) is 1.54. The third kappa shape index (κ3) is 0.836. The van der Waals surface area contributed by atoms with E-state index in [0.717, 1.165) is 6.54 Å². The van der Waals surface area contributed by atoms with Crippen molar-refractivity contribution in [3.05, 3.63) is 24.5 Å². The van der Waals surface area contributed by atoms with E-state index in [2.05, 4.69) is 5.32 Å². The first kappa shape index (κ1) is 5.95. The zero-order valence-electron chi connectivity index (χ0n) is 5.54. The van der Waals surface area contributed by atoms with E-state index in [-0.39, 0.29) is 0 Å². The fourth-order valence-corrected chi connectivity index (χ4v) is 1.07. The van der Waals surface area contributed by atoms with E-state index in [4.69, 9.17) is 9.47 Å². The van der Waals surface area contributed by atoms with Gasteiger partial charge in [0.15, 0.2) is 0 Å². The molecule has 0 aromatic carbocycles. The number of ether oxygens (including phenoxy) is 2. The molecule has 1 saturated heterocycles. The molecule has 2 heterocycles. The van der Waals surface area contributed by atoms with Crippen LogP contribution in [0, 0.1) is 0 Å². The van der Waals surface area contributed by atoms with Gasteiger partial charge in [-0.05, 0) is 6.08 Å². The van der Waals surface area contributed by atoms with Crippen molar-refractivity contribution in [2.24, 2.45) is 0 Å². The van der Waals surface area contributed by atoms with Crippen LogP contribution in [0.2, 0.25) is 0 Å². The van der Waals surface area contributed by atoms with Gasteiger partial charge in [0, 0.05) is 12.6 Å². The molecule has 0 bridgehead atoms. The van der Waals surface area contributed by atoms with Gasteiger partial charge in [-0.3, -0.25) is 0 Å². The summed E-state index contributed by atoms with van der Waals surface area (Å²) in [6.45, 7) is 1.55. The van der Waals surface area contributed by atoms with Crippen molar-refractivity contribution in [3.8, 4) is 0 Å². The van der Waals surface area contributed by atoms with E-state index in [9.17, 15) is 0 Å². The van der Waals surface area contributed by atoms with Gasteiger partial charge in [0.05, 0.1) is 12.9 Å². The zero-order chi connectivity index (χ0) is 6.86. The first-order chi connectivity index (χ1) is 4.91. The van der Waals surface area contributed by atoms with Crippen molar-refractivity contribution in [1.82, 2.24) is 5.32 Å². The molecule has 2 aliphatic rings. The minimum absolute atomic E-state index is 0.644. The van der Waals surface area contributed by atoms with Crippen LogP contribution in [-0.2, 0) is 9.47 Å². The van der Waals surface area contributed by atoms with Crippen molar-refractivity contribution in [2.45, 2.75) is 5.91 Å². The highest BCUT2D eigenvalue weighted by Gasteiger charge is 2.33. The summed E-state index contributed by atoms with van der Waals surface area (Å²) in [7, 11) is 0. The highest BCUT2D eigenvalue weighted by Crippen LogP contribution is 2.18. The molecule has 2 rings (SSSR count). The van der Waals surface area contributed by atoms with Crippen molar-refractivity contribution >= 4 is 0 Å². The second-order valence-corrected chi connectivity index (χ2v) is 2.25. The van der Waals surface area contributed by atoms with Gasteiger partial charge in [0.1, 0.15) is 0 Å². The summed E-state index contributed by atoms with van der Waals surface area (Å²) in [5, 5.41) is 3.09. The lowest BCUT2D eigenvalue weighted by Gasteiger charge is -2.24. The van der Waals surface area contributed by atoms with Crippen molar-refractivity contribution in [3.63, 3.8) is 0 Å². The predicted molar refractivity (Wildman–Crippen MR) is 36.1 cm³/mol. The van der Waals surface area contributed by atoms with Crippen LogP contribution >= 0.6 is 0 Å². The fraction of sp³-hybridized carbons (Fsp3) is 0.429. The summed E-state index contributed by atoms with van der Waals surface area (Å²) >= 11 is 0. The maximum absolute atomic E-state index is 5.31. The molecule has 0 aliphatic carbocycles. The summed E-state index contributed by atoms with van der Waals surface area (Å²) in [6, 6.07) is 0. The standard InChI is InChI=1S/C7H9NO2/c1-2-5-9-7(3-1)8-4-6-10-7/h1-3,5,8H,4,6H2. The van der Waals surface area contributed by atoms with Crippen LogP contribution in [0.25, 0.3) is 0 Å². The van der Waals surface area contributed by atoms with Gasteiger partial charge in [-0.1, -0.05) is 6.08 Å². The SMILES string of the molecule is C1=COC2(C=C1)NCCO2. The monoisotopic (exact) mass is 139 g/mol. The quantitative estimate of drug-likeness (QED) is 0.525. The number of nitrogens with one attached hydrogen (secondary N) is 1. The third-order valence-electron chi connectivity index (χ3n) is 1.54. The summed E-state index contributed by atoms with van der Waals surface area (Å²) in [4.78, 5) is 0. The van der Waals surface area contributed by atoms with Crippen molar-refractivity contribution < 1.29 is 9.47 Å². The van der Waals surface area contributed by atoms with Gasteiger partial charge in [-0.25, -0.2) is 5.32 Å². The molecule has 1 fully saturated rings. The fourth-order valence-electron chi connectivity index (χ4n) is 1.07. The first-order valence-electron chi connectivity index (χ1n) is 3.32. The van der Waals surface area contributed by atoms with Gasteiger partial charge >= 0.3 is 0 Å². The summed E-state index contributed by atoms with van der Waals surface area (Å²) in [5.74, 6) is -0.644. The minimum Gasteiger partial charge on any atom is -0.453 e. The van der Waals surface area contributed by atoms with E-state index in [0.29, 0.717) is 6.61 Å². The Bertz CT molecular complexity index is 180. The van der Waals surface area contributed by atoms with E-state index in [1.54, 1.807) is 6.26 Å². The molecule has 0 aromatic rings. The second kappa shape index (κ2) is 2.11. The maximum atomic E-state index is 5.31. The Hall–Kier alpha value is -0.800. The smallest absolute Gasteiger partial charge is 0.291 e. The summed E-state index contributed by atoms with van der Waals surface area (Å²) in [6.07, 6.45) is 7.22. The first-order valence-corrected chi connectivity index (χ1v) is 3.32. The molecule has 0 saturated carbocycles. The molecule has 1 unspecified atom stereocenters. The lowest BCUT2D eigenvalue weighted by atomic mass is 10.3.